The van der Waals surface area contributed by atoms with Crippen LogP contribution in [0, 0.1) is 23.4 Å². The van der Waals surface area contributed by atoms with Gasteiger partial charge in [-0.15, -0.1) is 12.4 Å². The lowest BCUT2D eigenvalue weighted by Gasteiger charge is -2.10. The van der Waals surface area contributed by atoms with Crippen LogP contribution in [-0.2, 0) is 10.0 Å². The van der Waals surface area contributed by atoms with Crippen molar-refractivity contribution in [3.63, 3.8) is 0 Å². The van der Waals surface area contributed by atoms with Gasteiger partial charge in [0.25, 0.3) is 0 Å². The summed E-state index contributed by atoms with van der Waals surface area (Å²) in [5.41, 5.74) is 0. The first-order chi connectivity index (χ1) is 9.40. The summed E-state index contributed by atoms with van der Waals surface area (Å²) in [6, 6.07) is 0.578. The highest BCUT2D eigenvalue weighted by molar-refractivity contribution is 7.89. The molecule has 2 rings (SSSR count). The summed E-state index contributed by atoms with van der Waals surface area (Å²) in [5, 5.41) is 3.15. The van der Waals surface area contributed by atoms with E-state index in [1.165, 1.54) is 0 Å². The van der Waals surface area contributed by atoms with E-state index in [-0.39, 0.29) is 25.0 Å². The van der Waals surface area contributed by atoms with Crippen LogP contribution >= 0.6 is 12.4 Å². The van der Waals surface area contributed by atoms with Gasteiger partial charge in [-0.1, -0.05) is 0 Å². The second-order valence-electron chi connectivity index (χ2n) is 4.74. The molecule has 1 fully saturated rings. The zero-order chi connectivity index (χ0) is 14.8. The lowest BCUT2D eigenvalue weighted by Crippen LogP contribution is -2.27. The fourth-order valence-electron chi connectivity index (χ4n) is 2.15. The number of sulfonamides is 1. The fraction of sp³-hybridized carbons (Fsp3) is 0.500. The maximum atomic E-state index is 13.4. The topological polar surface area (TPSA) is 58.2 Å². The molecule has 9 heteroatoms. The standard InChI is InChI=1S/C12H15F3N2O2S.ClH/c13-9-5-11(15)12(6-10(9)14)20(18,19)17-4-2-8-1-3-16-7-8;/h5-6,8,16-17H,1-4,7H2;1H. The molecule has 1 heterocycles. The van der Waals surface area contributed by atoms with Crippen molar-refractivity contribution >= 4 is 22.4 Å². The minimum Gasteiger partial charge on any atom is -0.316 e. The van der Waals surface area contributed by atoms with Crippen molar-refractivity contribution in [2.24, 2.45) is 5.92 Å². The van der Waals surface area contributed by atoms with Crippen molar-refractivity contribution in [2.75, 3.05) is 19.6 Å². The highest BCUT2D eigenvalue weighted by Gasteiger charge is 2.22. The summed E-state index contributed by atoms with van der Waals surface area (Å²) in [5.74, 6) is -3.75. The first-order valence-corrected chi connectivity index (χ1v) is 7.73. The predicted molar refractivity (Wildman–Crippen MR) is 74.3 cm³/mol. The normalized spacial score (nSPS) is 18.5. The molecule has 120 valence electrons. The van der Waals surface area contributed by atoms with Crippen LogP contribution in [0.4, 0.5) is 13.2 Å². The molecule has 1 aliphatic heterocycles. The van der Waals surface area contributed by atoms with Crippen molar-refractivity contribution in [1.29, 1.82) is 0 Å². The molecular formula is C12H16ClF3N2O2S. The van der Waals surface area contributed by atoms with Crippen molar-refractivity contribution in [2.45, 2.75) is 17.7 Å². The molecule has 0 aromatic heterocycles. The number of halogens is 4. The van der Waals surface area contributed by atoms with Gasteiger partial charge in [0.2, 0.25) is 10.0 Å². The summed E-state index contributed by atoms with van der Waals surface area (Å²) < 4.78 is 65.1. The lowest BCUT2D eigenvalue weighted by atomic mass is 10.1. The maximum Gasteiger partial charge on any atom is 0.243 e. The molecule has 2 N–H and O–H groups in total. The molecule has 0 aliphatic carbocycles. The number of hydrogen-bond acceptors (Lipinski definition) is 3. The Morgan fingerprint density at radius 3 is 2.48 bits per heavy atom. The molecule has 1 unspecified atom stereocenters. The van der Waals surface area contributed by atoms with E-state index in [4.69, 9.17) is 0 Å². The van der Waals surface area contributed by atoms with Crippen LogP contribution in [0.15, 0.2) is 17.0 Å². The third-order valence-electron chi connectivity index (χ3n) is 3.27. The summed E-state index contributed by atoms with van der Waals surface area (Å²) in [4.78, 5) is -0.874. The smallest absolute Gasteiger partial charge is 0.243 e. The molecule has 1 aromatic rings. The molecule has 21 heavy (non-hydrogen) atoms. The van der Waals surface area contributed by atoms with Gasteiger partial charge in [0, 0.05) is 12.6 Å². The van der Waals surface area contributed by atoms with Gasteiger partial charge in [-0.2, -0.15) is 0 Å². The number of benzene rings is 1. The SMILES string of the molecule is Cl.O=S(=O)(NCCC1CCNC1)c1cc(F)c(F)cc1F. The number of nitrogens with one attached hydrogen (secondary N) is 2. The average molecular weight is 345 g/mol. The third kappa shape index (κ3) is 4.57. The van der Waals surface area contributed by atoms with Gasteiger partial charge >= 0.3 is 0 Å². The first-order valence-electron chi connectivity index (χ1n) is 6.25. The van der Waals surface area contributed by atoms with Crippen LogP contribution < -0.4 is 10.0 Å². The zero-order valence-corrected chi connectivity index (χ0v) is 12.7. The Labute approximate surface area is 127 Å². The Kier molecular flexibility index (Phi) is 6.45. The number of rotatable bonds is 5. The van der Waals surface area contributed by atoms with E-state index < -0.39 is 32.4 Å². The first kappa shape index (κ1) is 18.2. The average Bonchev–Trinajstić information content (AvgIpc) is 2.86. The summed E-state index contributed by atoms with van der Waals surface area (Å²) in [6.07, 6.45) is 1.57. The van der Waals surface area contributed by atoms with E-state index in [1.807, 2.05) is 0 Å². The molecule has 1 atom stereocenters. The van der Waals surface area contributed by atoms with Crippen LogP contribution in [-0.4, -0.2) is 28.1 Å². The van der Waals surface area contributed by atoms with Gasteiger partial charge in [0.05, 0.1) is 0 Å². The summed E-state index contributed by atoms with van der Waals surface area (Å²) in [6.45, 7) is 1.85. The van der Waals surface area contributed by atoms with E-state index in [9.17, 15) is 21.6 Å². The predicted octanol–water partition coefficient (Wildman–Crippen LogP) is 1.80. The van der Waals surface area contributed by atoms with Crippen LogP contribution in [0.5, 0.6) is 0 Å². The zero-order valence-electron chi connectivity index (χ0n) is 11.0. The fourth-order valence-corrected chi connectivity index (χ4v) is 3.26. The Morgan fingerprint density at radius 1 is 1.19 bits per heavy atom. The molecule has 0 radical (unpaired) electrons. The minimum atomic E-state index is -4.17. The quantitative estimate of drug-likeness (QED) is 0.801. The second kappa shape index (κ2) is 7.44. The highest BCUT2D eigenvalue weighted by atomic mass is 35.5. The minimum absolute atomic E-state index is 0. The lowest BCUT2D eigenvalue weighted by molar-refractivity contribution is 0.479. The molecule has 1 aliphatic rings. The summed E-state index contributed by atoms with van der Waals surface area (Å²) >= 11 is 0. The molecule has 0 saturated carbocycles. The Balaban J connectivity index is 0.00000220. The largest absolute Gasteiger partial charge is 0.316 e. The summed E-state index contributed by atoms with van der Waals surface area (Å²) in [7, 11) is -4.17. The molecular weight excluding hydrogens is 329 g/mol. The van der Waals surface area contributed by atoms with E-state index in [0.717, 1.165) is 19.5 Å². The van der Waals surface area contributed by atoms with E-state index in [2.05, 4.69) is 10.0 Å². The molecule has 0 amide bonds. The van der Waals surface area contributed by atoms with Crippen LogP contribution in [0.25, 0.3) is 0 Å². The Bertz CT molecular complexity index is 592. The van der Waals surface area contributed by atoms with E-state index in [0.29, 0.717) is 18.4 Å². The van der Waals surface area contributed by atoms with E-state index >= 15 is 0 Å². The van der Waals surface area contributed by atoms with Crippen molar-refractivity contribution in [3.05, 3.63) is 29.6 Å². The van der Waals surface area contributed by atoms with Gasteiger partial charge in [-0.05, 0) is 37.9 Å². The maximum absolute atomic E-state index is 13.4. The van der Waals surface area contributed by atoms with Crippen LogP contribution in [0.2, 0.25) is 0 Å². The van der Waals surface area contributed by atoms with E-state index in [1.54, 1.807) is 0 Å². The highest BCUT2D eigenvalue weighted by Crippen LogP contribution is 2.19. The van der Waals surface area contributed by atoms with Crippen molar-refractivity contribution in [3.8, 4) is 0 Å². The van der Waals surface area contributed by atoms with Gasteiger partial charge in [0.15, 0.2) is 11.6 Å². The van der Waals surface area contributed by atoms with Gasteiger partial charge in [-0.3, -0.25) is 0 Å². The van der Waals surface area contributed by atoms with Crippen molar-refractivity contribution < 1.29 is 21.6 Å². The van der Waals surface area contributed by atoms with Crippen LogP contribution in [0.1, 0.15) is 12.8 Å². The molecule has 1 aromatic carbocycles. The van der Waals surface area contributed by atoms with Gasteiger partial charge in [0.1, 0.15) is 10.7 Å². The molecule has 0 bridgehead atoms. The van der Waals surface area contributed by atoms with Crippen LogP contribution in [0.3, 0.4) is 0 Å². The monoisotopic (exact) mass is 344 g/mol. The third-order valence-corrected chi connectivity index (χ3v) is 4.75. The van der Waals surface area contributed by atoms with Gasteiger partial charge < -0.3 is 5.32 Å². The molecule has 1 saturated heterocycles. The number of hydrogen-bond donors (Lipinski definition) is 2. The molecule has 4 nitrogen and oxygen atoms in total. The molecule has 0 spiro atoms. The van der Waals surface area contributed by atoms with Gasteiger partial charge in [-0.25, -0.2) is 26.3 Å². The Morgan fingerprint density at radius 2 is 1.86 bits per heavy atom. The Hall–Kier alpha value is -0.830. The second-order valence-corrected chi connectivity index (χ2v) is 6.48. The van der Waals surface area contributed by atoms with Crippen molar-refractivity contribution in [1.82, 2.24) is 10.0 Å².